The van der Waals surface area contributed by atoms with Crippen molar-refractivity contribution in [3.8, 4) is 0 Å². The number of anilines is 2. The standard InChI is InChI=1S/C28H33N5O4/c1-17-9-10-20-21(32(17)27(36)37-2)11-12-22-24(20)30-26(28(13-14-28)31-23-8-3-4-15-29-23)33(22)19-7-5-6-18(16-19)25(34)35/h3-4,8,11-12,15,17-19H,5-7,9-10,13-14,16H2,1-2H3,(H,29,31)(H,34,35)/t17-,18+,19+/m0/s1. The van der Waals surface area contributed by atoms with Gasteiger partial charge in [-0.1, -0.05) is 12.5 Å². The van der Waals surface area contributed by atoms with E-state index in [9.17, 15) is 14.7 Å². The number of rotatable bonds is 5. The van der Waals surface area contributed by atoms with Gasteiger partial charge < -0.3 is 19.7 Å². The Bertz CT molecular complexity index is 1350. The number of ether oxygens (including phenoxy) is 1. The molecule has 0 radical (unpaired) electrons. The SMILES string of the molecule is COC(=O)N1c2ccc3c(nc(C4(Nc5ccccn5)CC4)n3[C@@H]3CCC[C@@H](C(=O)O)C3)c2CC[C@@H]1C. The summed E-state index contributed by atoms with van der Waals surface area (Å²) in [6.45, 7) is 2.04. The maximum Gasteiger partial charge on any atom is 0.414 e. The Hall–Kier alpha value is -3.62. The molecule has 2 N–H and O–H groups in total. The van der Waals surface area contributed by atoms with Gasteiger partial charge in [0.15, 0.2) is 0 Å². The first-order chi connectivity index (χ1) is 17.9. The van der Waals surface area contributed by atoms with Crippen LogP contribution in [0.1, 0.15) is 69.3 Å². The Kier molecular flexibility index (Phi) is 5.81. The number of carboxylic acids is 1. The molecule has 194 valence electrons. The Morgan fingerprint density at radius 1 is 1.16 bits per heavy atom. The second-order valence-corrected chi connectivity index (χ2v) is 10.7. The molecule has 1 aromatic carbocycles. The van der Waals surface area contributed by atoms with E-state index in [0.29, 0.717) is 12.8 Å². The number of aryl methyl sites for hydroxylation is 1. The summed E-state index contributed by atoms with van der Waals surface area (Å²) in [6, 6.07) is 9.98. The number of fused-ring (bicyclic) bond motifs is 3. The lowest BCUT2D eigenvalue weighted by Gasteiger charge is -2.34. The molecule has 2 fully saturated rings. The second-order valence-electron chi connectivity index (χ2n) is 10.7. The van der Waals surface area contributed by atoms with Crippen LogP contribution in [0, 0.1) is 5.92 Å². The molecule has 9 nitrogen and oxygen atoms in total. The third kappa shape index (κ3) is 4.01. The van der Waals surface area contributed by atoms with Crippen LogP contribution in [0.4, 0.5) is 16.3 Å². The minimum atomic E-state index is -0.719. The molecule has 3 aliphatic rings. The highest BCUT2D eigenvalue weighted by molar-refractivity contribution is 5.95. The van der Waals surface area contributed by atoms with Crippen LogP contribution < -0.4 is 10.2 Å². The molecule has 9 heteroatoms. The predicted octanol–water partition coefficient (Wildman–Crippen LogP) is 5.26. The summed E-state index contributed by atoms with van der Waals surface area (Å²) in [5.41, 5.74) is 3.47. The van der Waals surface area contributed by atoms with Crippen LogP contribution in [-0.4, -0.2) is 44.9 Å². The smallest absolute Gasteiger partial charge is 0.414 e. The minimum absolute atomic E-state index is 0.0363. The molecule has 0 unspecified atom stereocenters. The highest BCUT2D eigenvalue weighted by Gasteiger charge is 2.50. The largest absolute Gasteiger partial charge is 0.481 e. The number of aliphatic carboxylic acids is 1. The molecule has 37 heavy (non-hydrogen) atoms. The molecule has 0 saturated heterocycles. The van der Waals surface area contributed by atoms with Crippen molar-refractivity contribution in [1.29, 1.82) is 0 Å². The van der Waals surface area contributed by atoms with E-state index in [1.54, 1.807) is 11.1 Å². The minimum Gasteiger partial charge on any atom is -0.481 e. The van der Waals surface area contributed by atoms with Gasteiger partial charge in [-0.15, -0.1) is 0 Å². The van der Waals surface area contributed by atoms with Gasteiger partial charge in [-0.3, -0.25) is 9.69 Å². The normalized spacial score (nSPS) is 24.4. The highest BCUT2D eigenvalue weighted by Crippen LogP contribution is 2.51. The Balaban J connectivity index is 1.51. The van der Waals surface area contributed by atoms with Gasteiger partial charge in [0.05, 0.1) is 35.3 Å². The quantitative estimate of drug-likeness (QED) is 0.489. The number of carboxylic acid groups (broad SMARTS) is 1. The van der Waals surface area contributed by atoms with Crippen LogP contribution in [0.15, 0.2) is 36.5 Å². The van der Waals surface area contributed by atoms with Crippen molar-refractivity contribution in [3.63, 3.8) is 0 Å². The number of aromatic nitrogens is 3. The average molecular weight is 504 g/mol. The Morgan fingerprint density at radius 2 is 2.00 bits per heavy atom. The van der Waals surface area contributed by atoms with Crippen molar-refractivity contribution < 1.29 is 19.4 Å². The Morgan fingerprint density at radius 3 is 2.70 bits per heavy atom. The van der Waals surface area contributed by atoms with E-state index in [-0.39, 0.29) is 29.6 Å². The van der Waals surface area contributed by atoms with Gasteiger partial charge in [0.25, 0.3) is 0 Å². The fourth-order valence-electron chi connectivity index (χ4n) is 6.32. The topological polar surface area (TPSA) is 110 Å². The van der Waals surface area contributed by atoms with Crippen molar-refractivity contribution in [2.45, 2.75) is 75.9 Å². The molecular formula is C28H33N5O4. The van der Waals surface area contributed by atoms with E-state index < -0.39 is 5.97 Å². The van der Waals surface area contributed by atoms with Crippen molar-refractivity contribution in [1.82, 2.24) is 14.5 Å². The summed E-state index contributed by atoms with van der Waals surface area (Å²) in [5, 5.41) is 13.4. The summed E-state index contributed by atoms with van der Waals surface area (Å²) in [7, 11) is 1.41. The van der Waals surface area contributed by atoms with Crippen LogP contribution in [0.3, 0.4) is 0 Å². The van der Waals surface area contributed by atoms with E-state index >= 15 is 0 Å². The van der Waals surface area contributed by atoms with Crippen molar-refractivity contribution in [2.24, 2.45) is 5.92 Å². The monoisotopic (exact) mass is 503 g/mol. The van der Waals surface area contributed by atoms with Crippen LogP contribution in [-0.2, 0) is 21.5 Å². The summed E-state index contributed by atoms with van der Waals surface area (Å²) in [5.74, 6) is 0.680. The first kappa shape index (κ1) is 23.8. The summed E-state index contributed by atoms with van der Waals surface area (Å²) < 4.78 is 7.42. The summed E-state index contributed by atoms with van der Waals surface area (Å²) >= 11 is 0. The fourth-order valence-corrected chi connectivity index (χ4v) is 6.32. The van der Waals surface area contributed by atoms with Crippen molar-refractivity contribution in [2.75, 3.05) is 17.3 Å². The van der Waals surface area contributed by atoms with E-state index in [1.807, 2.05) is 31.2 Å². The molecule has 2 saturated carbocycles. The molecule has 2 aliphatic carbocycles. The summed E-state index contributed by atoms with van der Waals surface area (Å²) in [6.07, 6.45) is 8.02. The molecule has 6 rings (SSSR count). The fraction of sp³-hybridized carbons (Fsp3) is 0.500. The molecule has 3 heterocycles. The van der Waals surface area contributed by atoms with Crippen LogP contribution in [0.5, 0.6) is 0 Å². The van der Waals surface area contributed by atoms with E-state index in [4.69, 9.17) is 9.72 Å². The third-order valence-corrected chi connectivity index (χ3v) is 8.40. The van der Waals surface area contributed by atoms with Crippen LogP contribution in [0.25, 0.3) is 11.0 Å². The number of hydrogen-bond acceptors (Lipinski definition) is 6. The zero-order valence-corrected chi connectivity index (χ0v) is 21.3. The number of imidazole rings is 1. The lowest BCUT2D eigenvalue weighted by Crippen LogP contribution is -2.42. The molecule has 0 bridgehead atoms. The number of nitrogens with zero attached hydrogens (tertiary/aromatic N) is 4. The van der Waals surface area contributed by atoms with Crippen molar-refractivity contribution >= 4 is 34.6 Å². The molecular weight excluding hydrogens is 470 g/mol. The third-order valence-electron chi connectivity index (χ3n) is 8.40. The number of carbonyl (C=O) groups excluding carboxylic acids is 1. The number of amides is 1. The number of hydrogen-bond donors (Lipinski definition) is 2. The second kappa shape index (κ2) is 9.04. The number of pyridine rings is 1. The van der Waals surface area contributed by atoms with Gasteiger partial charge in [0, 0.05) is 23.8 Å². The van der Waals surface area contributed by atoms with Gasteiger partial charge in [0.1, 0.15) is 11.6 Å². The summed E-state index contributed by atoms with van der Waals surface area (Å²) in [4.78, 5) is 36.1. The van der Waals surface area contributed by atoms with E-state index in [0.717, 1.165) is 72.5 Å². The maximum absolute atomic E-state index is 12.7. The number of benzene rings is 1. The van der Waals surface area contributed by atoms with Gasteiger partial charge in [-0.25, -0.2) is 14.8 Å². The number of methoxy groups -OCH3 is 1. The number of nitrogens with one attached hydrogen (secondary N) is 1. The highest BCUT2D eigenvalue weighted by atomic mass is 16.5. The predicted molar refractivity (Wildman–Crippen MR) is 140 cm³/mol. The first-order valence-corrected chi connectivity index (χ1v) is 13.3. The average Bonchev–Trinajstić information content (AvgIpc) is 3.58. The number of carbonyl (C=O) groups is 2. The zero-order chi connectivity index (χ0) is 25.7. The van der Waals surface area contributed by atoms with Gasteiger partial charge in [-0.2, -0.15) is 0 Å². The molecule has 1 amide bonds. The van der Waals surface area contributed by atoms with Gasteiger partial charge >= 0.3 is 12.1 Å². The molecule has 0 spiro atoms. The molecule has 3 atom stereocenters. The first-order valence-electron chi connectivity index (χ1n) is 13.3. The van der Waals surface area contributed by atoms with Crippen LogP contribution in [0.2, 0.25) is 0 Å². The molecule has 3 aromatic rings. The van der Waals surface area contributed by atoms with Gasteiger partial charge in [0.2, 0.25) is 0 Å². The zero-order valence-electron chi connectivity index (χ0n) is 21.3. The van der Waals surface area contributed by atoms with Crippen LogP contribution >= 0.6 is 0 Å². The maximum atomic E-state index is 12.7. The van der Waals surface area contributed by atoms with Gasteiger partial charge in [-0.05, 0) is 76.1 Å². The lowest BCUT2D eigenvalue weighted by molar-refractivity contribution is -0.143. The lowest BCUT2D eigenvalue weighted by atomic mass is 9.85. The molecule has 2 aromatic heterocycles. The van der Waals surface area contributed by atoms with E-state index in [1.165, 1.54) is 7.11 Å². The van der Waals surface area contributed by atoms with E-state index in [2.05, 4.69) is 20.9 Å². The molecule has 1 aliphatic heterocycles. The Labute approximate surface area is 215 Å². The van der Waals surface area contributed by atoms with Crippen molar-refractivity contribution in [3.05, 3.63) is 47.9 Å².